The summed E-state index contributed by atoms with van der Waals surface area (Å²) in [5.74, 6) is 0.0942. The van der Waals surface area contributed by atoms with Crippen LogP contribution in [0.5, 0.6) is 0 Å². The number of carboxylic acids is 1. The molecule has 1 N–H and O–H groups in total. The molecule has 1 amide bonds. The van der Waals surface area contributed by atoms with Crippen LogP contribution in [0.1, 0.15) is 23.2 Å². The minimum absolute atomic E-state index is 0.171. The van der Waals surface area contributed by atoms with Gasteiger partial charge in [0.2, 0.25) is 0 Å². The van der Waals surface area contributed by atoms with E-state index in [4.69, 9.17) is 9.52 Å². The lowest BCUT2D eigenvalue weighted by Crippen LogP contribution is -2.40. The van der Waals surface area contributed by atoms with E-state index < -0.39 is 17.9 Å². The predicted octanol–water partition coefficient (Wildman–Crippen LogP) is 1.69. The highest BCUT2D eigenvalue weighted by Gasteiger charge is 2.24. The fourth-order valence-corrected chi connectivity index (χ4v) is 1.67. The normalized spacial score (nSPS) is 12.2. The van der Waals surface area contributed by atoms with E-state index in [-0.39, 0.29) is 5.76 Å². The second-order valence-corrected chi connectivity index (χ2v) is 4.50. The van der Waals surface area contributed by atoms with Gasteiger partial charge in [-0.05, 0) is 25.3 Å². The molecule has 0 aliphatic rings. The van der Waals surface area contributed by atoms with Crippen molar-refractivity contribution >= 4 is 23.6 Å². The first-order valence-electron chi connectivity index (χ1n) is 5.05. The van der Waals surface area contributed by atoms with Gasteiger partial charge in [0.15, 0.2) is 5.76 Å². The number of hydrogen-bond acceptors (Lipinski definition) is 4. The summed E-state index contributed by atoms with van der Waals surface area (Å²) in [6.07, 6.45) is 1.93. The van der Waals surface area contributed by atoms with Crippen LogP contribution in [-0.4, -0.2) is 41.2 Å². The molecule has 0 aliphatic carbocycles. The molecule has 1 rings (SSSR count). The van der Waals surface area contributed by atoms with Gasteiger partial charge >= 0.3 is 5.97 Å². The number of carbonyl (C=O) groups is 2. The average molecular weight is 257 g/mol. The lowest BCUT2D eigenvalue weighted by Gasteiger charge is -2.19. The van der Waals surface area contributed by atoms with E-state index in [1.54, 1.807) is 23.9 Å². The Kier molecular flexibility index (Phi) is 4.62. The third kappa shape index (κ3) is 3.26. The second-order valence-electron chi connectivity index (χ2n) is 3.63. The quantitative estimate of drug-likeness (QED) is 0.869. The van der Waals surface area contributed by atoms with Crippen molar-refractivity contribution in [3.63, 3.8) is 0 Å². The number of aliphatic carboxylic acids is 1. The van der Waals surface area contributed by atoms with E-state index in [9.17, 15) is 9.59 Å². The largest absolute Gasteiger partial charge is 0.480 e. The van der Waals surface area contributed by atoms with Crippen molar-refractivity contribution in [1.82, 2.24) is 4.90 Å². The van der Waals surface area contributed by atoms with Gasteiger partial charge in [-0.15, -0.1) is 0 Å². The van der Waals surface area contributed by atoms with Gasteiger partial charge < -0.3 is 14.4 Å². The van der Waals surface area contributed by atoms with Crippen molar-refractivity contribution in [2.24, 2.45) is 0 Å². The molecule has 0 saturated carbocycles. The van der Waals surface area contributed by atoms with E-state index >= 15 is 0 Å². The molecule has 1 heterocycles. The number of likely N-dealkylation sites (N-methyl/N-ethyl adjacent to an activating group) is 1. The molecule has 94 valence electrons. The maximum Gasteiger partial charge on any atom is 0.326 e. The van der Waals surface area contributed by atoms with Gasteiger partial charge in [0.05, 0.1) is 5.75 Å². The highest BCUT2D eigenvalue weighted by Crippen LogP contribution is 2.15. The van der Waals surface area contributed by atoms with Gasteiger partial charge in [0.1, 0.15) is 11.8 Å². The van der Waals surface area contributed by atoms with Crippen LogP contribution >= 0.6 is 11.8 Å². The van der Waals surface area contributed by atoms with Gasteiger partial charge in [-0.25, -0.2) is 4.79 Å². The molecular formula is C11H15NO4S. The van der Waals surface area contributed by atoms with E-state index in [1.807, 2.05) is 6.26 Å². The molecule has 0 bridgehead atoms. The molecule has 0 radical (unpaired) electrons. The fourth-order valence-electron chi connectivity index (χ4n) is 1.23. The van der Waals surface area contributed by atoms with Crippen molar-refractivity contribution in [1.29, 1.82) is 0 Å². The Morgan fingerprint density at radius 3 is 2.71 bits per heavy atom. The molecule has 0 aliphatic heterocycles. The van der Waals surface area contributed by atoms with E-state index in [0.29, 0.717) is 11.5 Å². The van der Waals surface area contributed by atoms with Crippen molar-refractivity contribution in [3.05, 3.63) is 23.7 Å². The zero-order valence-corrected chi connectivity index (χ0v) is 10.8. The van der Waals surface area contributed by atoms with E-state index in [0.717, 1.165) is 4.90 Å². The van der Waals surface area contributed by atoms with Crippen molar-refractivity contribution < 1.29 is 19.1 Å². The van der Waals surface area contributed by atoms with Crippen molar-refractivity contribution in [2.45, 2.75) is 18.7 Å². The Hall–Kier alpha value is -1.43. The average Bonchev–Trinajstić information content (AvgIpc) is 2.75. The molecule has 0 fully saturated rings. The Morgan fingerprint density at radius 2 is 2.18 bits per heavy atom. The number of nitrogens with zero attached hydrogens (tertiary/aromatic N) is 1. The Morgan fingerprint density at radius 1 is 1.53 bits per heavy atom. The number of hydrogen-bond donors (Lipinski definition) is 1. The monoisotopic (exact) mass is 257 g/mol. The minimum atomic E-state index is -1.04. The highest BCUT2D eigenvalue weighted by molar-refractivity contribution is 7.97. The highest BCUT2D eigenvalue weighted by atomic mass is 32.2. The van der Waals surface area contributed by atoms with Crippen LogP contribution in [0, 0.1) is 0 Å². The van der Waals surface area contributed by atoms with Crippen molar-refractivity contribution in [2.75, 3.05) is 13.3 Å². The Labute approximate surface area is 104 Å². The molecule has 0 saturated heterocycles. The summed E-state index contributed by atoms with van der Waals surface area (Å²) in [4.78, 5) is 23.8. The van der Waals surface area contributed by atoms with Crippen LogP contribution in [0.4, 0.5) is 0 Å². The summed E-state index contributed by atoms with van der Waals surface area (Å²) >= 11 is 1.59. The van der Waals surface area contributed by atoms with Crippen LogP contribution in [0.3, 0.4) is 0 Å². The molecule has 5 nitrogen and oxygen atoms in total. The molecule has 1 aromatic rings. The summed E-state index contributed by atoms with van der Waals surface area (Å²) in [6, 6.07) is 2.42. The molecule has 17 heavy (non-hydrogen) atoms. The van der Waals surface area contributed by atoms with Crippen LogP contribution in [0.25, 0.3) is 0 Å². The number of carboxylic acid groups (broad SMARTS) is 1. The second kappa shape index (κ2) is 5.77. The topological polar surface area (TPSA) is 70.8 Å². The van der Waals surface area contributed by atoms with E-state index in [2.05, 4.69) is 0 Å². The number of rotatable bonds is 5. The summed E-state index contributed by atoms with van der Waals surface area (Å²) in [5.41, 5.74) is 0. The summed E-state index contributed by atoms with van der Waals surface area (Å²) in [5, 5.41) is 8.81. The van der Waals surface area contributed by atoms with Crippen LogP contribution in [0.15, 0.2) is 16.5 Å². The molecule has 1 atom stereocenters. The number of carbonyl (C=O) groups excluding carboxylic acids is 1. The summed E-state index contributed by atoms with van der Waals surface area (Å²) in [7, 11) is 1.44. The molecule has 1 unspecified atom stereocenters. The molecular weight excluding hydrogens is 242 g/mol. The number of thioether (sulfide) groups is 1. The van der Waals surface area contributed by atoms with Gasteiger partial charge in [-0.3, -0.25) is 4.79 Å². The van der Waals surface area contributed by atoms with Gasteiger partial charge in [0.25, 0.3) is 5.91 Å². The van der Waals surface area contributed by atoms with Gasteiger partial charge in [-0.1, -0.05) is 0 Å². The Bertz CT molecular complexity index is 415. The standard InChI is InChI=1S/C11H15NO4S/c1-7(11(14)15)12(2)10(13)9-5-4-8(16-9)6-17-3/h4-5,7H,6H2,1-3H3,(H,14,15). The lowest BCUT2D eigenvalue weighted by molar-refractivity contribution is -0.141. The zero-order valence-electron chi connectivity index (χ0n) is 9.97. The maximum absolute atomic E-state index is 11.9. The summed E-state index contributed by atoms with van der Waals surface area (Å²) in [6.45, 7) is 1.45. The predicted molar refractivity (Wildman–Crippen MR) is 65.1 cm³/mol. The van der Waals surface area contributed by atoms with Crippen molar-refractivity contribution in [3.8, 4) is 0 Å². The first-order chi connectivity index (χ1) is 7.97. The SMILES string of the molecule is CSCc1ccc(C(=O)N(C)C(C)C(=O)O)o1. The third-order valence-corrected chi connectivity index (χ3v) is 2.99. The molecule has 6 heteroatoms. The third-order valence-electron chi connectivity index (χ3n) is 2.42. The first kappa shape index (κ1) is 13.6. The fraction of sp³-hybridized carbons (Fsp3) is 0.455. The lowest BCUT2D eigenvalue weighted by atomic mass is 10.3. The summed E-state index contributed by atoms with van der Waals surface area (Å²) < 4.78 is 5.33. The van der Waals surface area contributed by atoms with Gasteiger partial charge in [-0.2, -0.15) is 11.8 Å². The molecule has 0 aromatic carbocycles. The van der Waals surface area contributed by atoms with Gasteiger partial charge in [0, 0.05) is 7.05 Å². The maximum atomic E-state index is 11.9. The van der Waals surface area contributed by atoms with Crippen LogP contribution in [0.2, 0.25) is 0 Å². The number of amides is 1. The van der Waals surface area contributed by atoms with Crippen LogP contribution < -0.4 is 0 Å². The molecule has 0 spiro atoms. The number of furan rings is 1. The smallest absolute Gasteiger partial charge is 0.326 e. The van der Waals surface area contributed by atoms with Crippen LogP contribution in [-0.2, 0) is 10.5 Å². The minimum Gasteiger partial charge on any atom is -0.480 e. The zero-order chi connectivity index (χ0) is 13.0. The van der Waals surface area contributed by atoms with E-state index in [1.165, 1.54) is 14.0 Å². The Balaban J connectivity index is 2.77. The first-order valence-corrected chi connectivity index (χ1v) is 6.44. The molecule has 1 aromatic heterocycles.